The van der Waals surface area contributed by atoms with E-state index in [1.807, 2.05) is 24.3 Å². The summed E-state index contributed by atoms with van der Waals surface area (Å²) in [5.41, 5.74) is 4.64. The quantitative estimate of drug-likeness (QED) is 0.316. The minimum absolute atomic E-state index is 0.00519. The molecule has 2 aromatic rings. The van der Waals surface area contributed by atoms with Gasteiger partial charge in [0.1, 0.15) is 11.5 Å². The summed E-state index contributed by atoms with van der Waals surface area (Å²) < 4.78 is 0. The van der Waals surface area contributed by atoms with Crippen LogP contribution in [-0.2, 0) is 44.1 Å². The van der Waals surface area contributed by atoms with E-state index in [1.54, 1.807) is 0 Å². The molecular weight excluding hydrogens is 498 g/mol. The number of phenols is 2. The number of Topliss-reactive ketones (excluding diaryl/α,β-unsaturated/α-hetero) is 1. The molecule has 0 saturated heterocycles. The molecule has 0 aliphatic rings. The van der Waals surface area contributed by atoms with Crippen molar-refractivity contribution in [2.75, 3.05) is 6.54 Å². The average molecular weight is 552 g/mol. The van der Waals surface area contributed by atoms with Crippen LogP contribution in [0.1, 0.15) is 129 Å². The number of carbonyl (C=O) groups excluding carboxylic acids is 2. The fourth-order valence-corrected chi connectivity index (χ4v) is 4.88. The van der Waals surface area contributed by atoms with Gasteiger partial charge in [-0.05, 0) is 67.9 Å². The fraction of sp³-hybridized carbons (Fsp3) is 0.600. The molecule has 0 fully saturated rings. The van der Waals surface area contributed by atoms with Gasteiger partial charge in [-0.25, -0.2) is 0 Å². The molecule has 40 heavy (non-hydrogen) atoms. The lowest BCUT2D eigenvalue weighted by atomic mass is 9.78. The molecular formula is C35H53NO4. The molecule has 1 amide bonds. The van der Waals surface area contributed by atoms with Gasteiger partial charge in [0.05, 0.1) is 6.54 Å². The first-order chi connectivity index (χ1) is 18.0. The maximum atomic E-state index is 12.7. The monoisotopic (exact) mass is 551 g/mol. The molecule has 0 spiro atoms. The van der Waals surface area contributed by atoms with Gasteiger partial charge >= 0.3 is 0 Å². The predicted molar refractivity (Wildman–Crippen MR) is 166 cm³/mol. The summed E-state index contributed by atoms with van der Waals surface area (Å²) in [5, 5.41) is 24.7. The number of hydrogen-bond donors (Lipinski definition) is 3. The number of nitrogens with one attached hydrogen (secondary N) is 1. The maximum Gasteiger partial charge on any atom is 0.220 e. The Morgan fingerprint density at radius 2 is 0.875 bits per heavy atom. The van der Waals surface area contributed by atoms with Crippen molar-refractivity contribution in [3.63, 3.8) is 0 Å². The second-order valence-corrected chi connectivity index (χ2v) is 15.4. The standard InChI is InChI=1S/C35H53NO4/c1-32(2,3)25-17-22(18-26(30(25)39)33(4,5)6)13-15-24(37)21-36-29(38)16-14-23-19-27(34(7,8)9)31(40)28(20-23)35(10,11)12/h17-20,39-40H,13-16,21H2,1-12H3,(H,36,38). The molecule has 0 saturated carbocycles. The zero-order chi connectivity index (χ0) is 30.8. The summed E-state index contributed by atoms with van der Waals surface area (Å²) in [7, 11) is 0. The molecule has 0 heterocycles. The molecule has 5 heteroatoms. The molecule has 0 atom stereocenters. The van der Waals surface area contributed by atoms with Gasteiger partial charge in [-0.3, -0.25) is 9.59 Å². The maximum absolute atomic E-state index is 12.7. The Bertz CT molecular complexity index is 1060. The second-order valence-electron chi connectivity index (χ2n) is 15.4. The van der Waals surface area contributed by atoms with Crippen LogP contribution < -0.4 is 5.32 Å². The van der Waals surface area contributed by atoms with Crippen LogP contribution in [0.5, 0.6) is 11.5 Å². The first kappa shape index (κ1) is 33.4. The van der Waals surface area contributed by atoms with E-state index in [2.05, 4.69) is 88.4 Å². The third kappa shape index (κ3) is 8.84. The summed E-state index contributed by atoms with van der Waals surface area (Å²) in [6.45, 7) is 24.9. The number of benzene rings is 2. The molecule has 0 bridgehead atoms. The Balaban J connectivity index is 2.04. The summed E-state index contributed by atoms with van der Waals surface area (Å²) in [4.78, 5) is 25.3. The van der Waals surface area contributed by atoms with Crippen LogP contribution in [0.3, 0.4) is 0 Å². The first-order valence-electron chi connectivity index (χ1n) is 14.5. The number of aryl methyl sites for hydroxylation is 2. The molecule has 0 unspecified atom stereocenters. The van der Waals surface area contributed by atoms with E-state index in [-0.39, 0.29) is 46.3 Å². The van der Waals surface area contributed by atoms with Crippen molar-refractivity contribution >= 4 is 11.7 Å². The van der Waals surface area contributed by atoms with Gasteiger partial charge in [0.25, 0.3) is 0 Å². The highest BCUT2D eigenvalue weighted by molar-refractivity contribution is 5.86. The van der Waals surface area contributed by atoms with E-state index in [0.29, 0.717) is 30.8 Å². The number of phenolic OH excluding ortho intramolecular Hbond substituents is 2. The van der Waals surface area contributed by atoms with Crippen LogP contribution in [-0.4, -0.2) is 28.4 Å². The van der Waals surface area contributed by atoms with Crippen LogP contribution in [0.2, 0.25) is 0 Å². The van der Waals surface area contributed by atoms with E-state index >= 15 is 0 Å². The van der Waals surface area contributed by atoms with Crippen molar-refractivity contribution in [2.24, 2.45) is 0 Å². The molecule has 0 aliphatic heterocycles. The fourth-order valence-electron chi connectivity index (χ4n) is 4.88. The van der Waals surface area contributed by atoms with E-state index in [1.165, 1.54) is 0 Å². The molecule has 0 radical (unpaired) electrons. The lowest BCUT2D eigenvalue weighted by Gasteiger charge is -2.28. The highest BCUT2D eigenvalue weighted by atomic mass is 16.3. The van der Waals surface area contributed by atoms with Gasteiger partial charge in [0.15, 0.2) is 5.78 Å². The Kier molecular flexibility index (Phi) is 9.99. The van der Waals surface area contributed by atoms with Gasteiger partial charge in [0.2, 0.25) is 5.91 Å². The third-order valence-corrected chi connectivity index (χ3v) is 7.39. The van der Waals surface area contributed by atoms with Crippen molar-refractivity contribution in [3.05, 3.63) is 57.6 Å². The molecule has 0 aromatic heterocycles. The smallest absolute Gasteiger partial charge is 0.220 e. The van der Waals surface area contributed by atoms with Gasteiger partial charge in [-0.15, -0.1) is 0 Å². The highest BCUT2D eigenvalue weighted by Crippen LogP contribution is 2.41. The Hall–Kier alpha value is -2.82. The van der Waals surface area contributed by atoms with Crippen molar-refractivity contribution in [1.29, 1.82) is 0 Å². The Labute approximate surface area is 242 Å². The van der Waals surface area contributed by atoms with Crippen LogP contribution in [0.25, 0.3) is 0 Å². The van der Waals surface area contributed by atoms with Crippen LogP contribution in [0.15, 0.2) is 24.3 Å². The lowest BCUT2D eigenvalue weighted by Crippen LogP contribution is -2.30. The van der Waals surface area contributed by atoms with Crippen molar-refractivity contribution in [1.82, 2.24) is 5.32 Å². The summed E-state index contributed by atoms with van der Waals surface area (Å²) in [6.07, 6.45) is 1.68. The van der Waals surface area contributed by atoms with Crippen molar-refractivity contribution < 1.29 is 19.8 Å². The number of ketones is 1. The molecule has 3 N–H and O–H groups in total. The normalized spacial score (nSPS) is 12.9. The predicted octanol–water partition coefficient (Wildman–Crippen LogP) is 7.54. The number of aromatic hydroxyl groups is 2. The second kappa shape index (κ2) is 12.0. The van der Waals surface area contributed by atoms with E-state index in [0.717, 1.165) is 33.4 Å². The van der Waals surface area contributed by atoms with E-state index in [4.69, 9.17) is 0 Å². The number of amides is 1. The topological polar surface area (TPSA) is 86.6 Å². The molecule has 5 nitrogen and oxygen atoms in total. The highest BCUT2D eigenvalue weighted by Gasteiger charge is 2.28. The first-order valence-corrected chi connectivity index (χ1v) is 14.5. The van der Waals surface area contributed by atoms with Gasteiger partial charge < -0.3 is 15.5 Å². The molecule has 2 aromatic carbocycles. The molecule has 0 aliphatic carbocycles. The largest absolute Gasteiger partial charge is 0.507 e. The zero-order valence-electron chi connectivity index (χ0n) is 27.1. The van der Waals surface area contributed by atoms with E-state index < -0.39 is 0 Å². The average Bonchev–Trinajstić information content (AvgIpc) is 2.78. The number of carbonyl (C=O) groups is 2. The van der Waals surface area contributed by atoms with Crippen LogP contribution in [0.4, 0.5) is 0 Å². The number of rotatable bonds is 8. The van der Waals surface area contributed by atoms with Gasteiger partial charge in [0, 0.05) is 12.8 Å². The molecule has 222 valence electrons. The summed E-state index contributed by atoms with van der Waals surface area (Å²) in [6, 6.07) is 8.01. The van der Waals surface area contributed by atoms with Gasteiger partial charge in [-0.1, -0.05) is 107 Å². The minimum Gasteiger partial charge on any atom is -0.507 e. The minimum atomic E-state index is -0.229. The van der Waals surface area contributed by atoms with Crippen LogP contribution >= 0.6 is 0 Å². The Morgan fingerprint density at radius 1 is 0.575 bits per heavy atom. The lowest BCUT2D eigenvalue weighted by molar-refractivity contribution is -0.125. The summed E-state index contributed by atoms with van der Waals surface area (Å²) in [5.74, 6) is 0.480. The zero-order valence-corrected chi connectivity index (χ0v) is 27.1. The SMILES string of the molecule is CC(C)(C)c1cc(CCC(=O)CNC(=O)CCc2cc(C(C)(C)C)c(O)c(C(C)(C)C)c2)cc(C(C)(C)C)c1O. The number of hydrogen-bond acceptors (Lipinski definition) is 4. The van der Waals surface area contributed by atoms with Gasteiger partial charge in [-0.2, -0.15) is 0 Å². The molecule has 2 rings (SSSR count). The summed E-state index contributed by atoms with van der Waals surface area (Å²) >= 11 is 0. The Morgan fingerprint density at radius 3 is 1.18 bits per heavy atom. The van der Waals surface area contributed by atoms with Crippen molar-refractivity contribution in [3.8, 4) is 11.5 Å². The third-order valence-electron chi connectivity index (χ3n) is 7.39. The van der Waals surface area contributed by atoms with Crippen LogP contribution in [0, 0.1) is 0 Å². The van der Waals surface area contributed by atoms with Crippen molar-refractivity contribution in [2.45, 2.75) is 130 Å². The van der Waals surface area contributed by atoms with E-state index in [9.17, 15) is 19.8 Å².